The Balaban J connectivity index is 1.80. The van der Waals surface area contributed by atoms with Crippen LogP contribution in [0.3, 0.4) is 0 Å². The van der Waals surface area contributed by atoms with E-state index in [4.69, 9.17) is 16.3 Å². The summed E-state index contributed by atoms with van der Waals surface area (Å²) in [4.78, 5) is 27.2. The smallest absolute Gasteiger partial charge is 0.309 e. The van der Waals surface area contributed by atoms with Crippen LogP contribution in [0.15, 0.2) is 47.4 Å². The van der Waals surface area contributed by atoms with Crippen LogP contribution >= 0.6 is 23.4 Å². The van der Waals surface area contributed by atoms with Crippen LogP contribution in [0.4, 0.5) is 0 Å². The highest BCUT2D eigenvalue weighted by molar-refractivity contribution is 8.00. The number of carbonyl (C=O) groups is 2. The zero-order chi connectivity index (χ0) is 28.5. The van der Waals surface area contributed by atoms with Gasteiger partial charge in [0.25, 0.3) is 0 Å². The summed E-state index contributed by atoms with van der Waals surface area (Å²) in [5, 5.41) is 11.7. The van der Waals surface area contributed by atoms with Gasteiger partial charge in [0.1, 0.15) is 12.4 Å². The molecule has 8 heteroatoms. The second-order valence-electron chi connectivity index (χ2n) is 12.1. The molecule has 0 aliphatic carbocycles. The predicted molar refractivity (Wildman–Crippen MR) is 159 cm³/mol. The fourth-order valence-corrected chi connectivity index (χ4v) is 6.42. The summed E-state index contributed by atoms with van der Waals surface area (Å²) in [7, 11) is 0. The lowest BCUT2D eigenvalue weighted by Crippen LogP contribution is -2.37. The van der Waals surface area contributed by atoms with Crippen molar-refractivity contribution in [2.45, 2.75) is 83.0 Å². The van der Waals surface area contributed by atoms with E-state index in [-0.39, 0.29) is 16.7 Å². The van der Waals surface area contributed by atoms with Gasteiger partial charge in [0.2, 0.25) is 5.91 Å². The summed E-state index contributed by atoms with van der Waals surface area (Å²) in [5.41, 5.74) is 2.18. The summed E-state index contributed by atoms with van der Waals surface area (Å²) < 4.78 is 8.41. The maximum Gasteiger partial charge on any atom is 0.309 e. The third-order valence-corrected chi connectivity index (χ3v) is 8.69. The monoisotopic (exact) mass is 570 g/mol. The molecule has 1 aliphatic heterocycles. The topological polar surface area (TPSA) is 71.8 Å². The minimum atomic E-state index is -0.947. The van der Waals surface area contributed by atoms with E-state index in [1.165, 1.54) is 0 Å². The van der Waals surface area contributed by atoms with Crippen molar-refractivity contribution in [3.63, 3.8) is 0 Å². The van der Waals surface area contributed by atoms with Gasteiger partial charge in [-0.25, -0.2) is 0 Å². The molecule has 2 aromatic carbocycles. The number of rotatable bonds is 9. The molecule has 3 aromatic rings. The van der Waals surface area contributed by atoms with Crippen molar-refractivity contribution in [3.05, 3.63) is 58.7 Å². The molecular formula is C31H39ClN2O4S. The van der Waals surface area contributed by atoms with E-state index in [1.54, 1.807) is 32.5 Å². The van der Waals surface area contributed by atoms with Crippen molar-refractivity contribution in [3.8, 4) is 5.75 Å². The Morgan fingerprint density at radius 2 is 1.79 bits per heavy atom. The Morgan fingerprint density at radius 1 is 1.10 bits per heavy atom. The number of nitrogens with zero attached hydrogens (tertiary/aromatic N) is 2. The van der Waals surface area contributed by atoms with Gasteiger partial charge in [0.05, 0.1) is 11.5 Å². The highest BCUT2D eigenvalue weighted by atomic mass is 35.5. The first kappa shape index (κ1) is 29.3. The quantitative estimate of drug-likeness (QED) is 0.274. The van der Waals surface area contributed by atoms with Crippen molar-refractivity contribution in [2.24, 2.45) is 5.41 Å². The van der Waals surface area contributed by atoms with Crippen LogP contribution in [0.1, 0.15) is 65.6 Å². The summed E-state index contributed by atoms with van der Waals surface area (Å²) in [6.07, 6.45) is 2.32. The van der Waals surface area contributed by atoms with Gasteiger partial charge in [-0.3, -0.25) is 9.59 Å². The van der Waals surface area contributed by atoms with Crippen molar-refractivity contribution >= 4 is 46.1 Å². The first-order chi connectivity index (χ1) is 18.2. The minimum Gasteiger partial charge on any atom is -0.491 e. The molecule has 6 nitrogen and oxygen atoms in total. The van der Waals surface area contributed by atoms with Crippen LogP contribution in [0.2, 0.25) is 5.02 Å². The molecule has 210 valence electrons. The summed E-state index contributed by atoms with van der Waals surface area (Å²) in [5.74, 6) is 0.0137. The molecule has 1 amide bonds. The highest BCUT2D eigenvalue weighted by Crippen LogP contribution is 2.44. The van der Waals surface area contributed by atoms with Crippen LogP contribution in [0.25, 0.3) is 10.9 Å². The Bertz CT molecular complexity index is 1360. The molecule has 1 saturated heterocycles. The molecule has 0 radical (unpaired) electrons. The van der Waals surface area contributed by atoms with Crippen LogP contribution in [-0.4, -0.2) is 50.4 Å². The largest absolute Gasteiger partial charge is 0.491 e. The van der Waals surface area contributed by atoms with Crippen LogP contribution in [0, 0.1) is 5.41 Å². The van der Waals surface area contributed by atoms with E-state index < -0.39 is 11.4 Å². The third kappa shape index (κ3) is 6.93. The molecule has 1 aromatic heterocycles. The average molecular weight is 571 g/mol. The normalized spacial score (nSPS) is 16.2. The lowest BCUT2D eigenvalue weighted by atomic mass is 9.88. The van der Waals surface area contributed by atoms with Crippen molar-refractivity contribution < 1.29 is 19.4 Å². The zero-order valence-corrected chi connectivity index (χ0v) is 25.3. The maximum absolute atomic E-state index is 12.2. The number of amides is 1. The van der Waals surface area contributed by atoms with Gasteiger partial charge in [0.15, 0.2) is 0 Å². The maximum atomic E-state index is 12.2. The predicted octanol–water partition coefficient (Wildman–Crippen LogP) is 7.28. The zero-order valence-electron chi connectivity index (χ0n) is 23.7. The second-order valence-corrected chi connectivity index (χ2v) is 14.3. The number of hydrogen-bond donors (Lipinski definition) is 1. The molecule has 1 N–H and O–H groups in total. The molecular weight excluding hydrogens is 532 g/mol. The van der Waals surface area contributed by atoms with Gasteiger partial charge in [-0.2, -0.15) is 0 Å². The standard InChI is InChI=1S/C31H39ClN2O4S/c1-20(35)33-15-7-8-23(33)19-38-24-13-14-26-25(16-24)28(39-30(2,3)4)27(17-31(5,6)29(36)37)34(26)18-21-9-11-22(32)12-10-21/h9-14,16,23H,7-8,15,17-19H2,1-6H3,(H,36,37)/t23-/m1/s1. The molecule has 1 atom stereocenters. The van der Waals surface area contributed by atoms with E-state index in [0.717, 1.165) is 52.2 Å². The lowest BCUT2D eigenvalue weighted by molar-refractivity contribution is -0.146. The Labute approximate surface area is 240 Å². The van der Waals surface area contributed by atoms with Crippen molar-refractivity contribution in [2.75, 3.05) is 13.2 Å². The van der Waals surface area contributed by atoms with Gasteiger partial charge in [-0.1, -0.05) is 44.5 Å². The molecule has 0 saturated carbocycles. The number of carbonyl (C=O) groups excluding carboxylic acids is 1. The lowest BCUT2D eigenvalue weighted by Gasteiger charge is -2.24. The van der Waals surface area contributed by atoms with Crippen LogP contribution in [0.5, 0.6) is 5.75 Å². The number of thioether (sulfide) groups is 1. The number of benzene rings is 2. The van der Waals surface area contributed by atoms with Gasteiger partial charge in [-0.05, 0) is 62.6 Å². The highest BCUT2D eigenvalue weighted by Gasteiger charge is 2.33. The molecule has 1 fully saturated rings. The second kappa shape index (κ2) is 11.5. The van der Waals surface area contributed by atoms with Gasteiger partial charge in [-0.15, -0.1) is 11.8 Å². The molecule has 1 aliphatic rings. The summed E-state index contributed by atoms with van der Waals surface area (Å²) >= 11 is 7.91. The number of hydrogen-bond acceptors (Lipinski definition) is 4. The number of ether oxygens (including phenoxy) is 1. The number of aromatic nitrogens is 1. The molecule has 2 heterocycles. The number of carboxylic acids is 1. The van der Waals surface area contributed by atoms with Gasteiger partial charge in [0, 0.05) is 57.7 Å². The summed E-state index contributed by atoms with van der Waals surface area (Å²) in [6, 6.07) is 14.0. The first-order valence-corrected chi connectivity index (χ1v) is 14.7. The van der Waals surface area contributed by atoms with E-state index in [9.17, 15) is 14.7 Å². The van der Waals surface area contributed by atoms with E-state index >= 15 is 0 Å². The Kier molecular flexibility index (Phi) is 8.62. The van der Waals surface area contributed by atoms with E-state index in [0.29, 0.717) is 24.6 Å². The first-order valence-electron chi connectivity index (χ1n) is 13.5. The van der Waals surface area contributed by atoms with Crippen molar-refractivity contribution in [1.29, 1.82) is 0 Å². The fourth-order valence-electron chi connectivity index (χ4n) is 5.10. The van der Waals surface area contributed by atoms with Crippen molar-refractivity contribution in [1.82, 2.24) is 9.47 Å². The Morgan fingerprint density at radius 3 is 2.41 bits per heavy atom. The number of aliphatic carboxylic acids is 1. The number of halogens is 1. The van der Waals surface area contributed by atoms with E-state index in [2.05, 4.69) is 37.5 Å². The fraction of sp³-hybridized carbons (Fsp3) is 0.484. The van der Waals surface area contributed by atoms with Gasteiger partial charge >= 0.3 is 5.97 Å². The molecule has 4 rings (SSSR count). The number of carboxylic acid groups (broad SMARTS) is 1. The minimum absolute atomic E-state index is 0.0862. The van der Waals surface area contributed by atoms with Crippen LogP contribution < -0.4 is 4.74 Å². The third-order valence-electron chi connectivity index (χ3n) is 7.17. The molecule has 39 heavy (non-hydrogen) atoms. The molecule has 0 spiro atoms. The number of likely N-dealkylation sites (tertiary alicyclic amines) is 1. The van der Waals surface area contributed by atoms with E-state index in [1.807, 2.05) is 35.2 Å². The molecule has 0 bridgehead atoms. The number of fused-ring (bicyclic) bond motifs is 1. The molecule has 0 unspecified atom stereocenters. The van der Waals surface area contributed by atoms with Crippen LogP contribution in [-0.2, 0) is 22.6 Å². The Hall–Kier alpha value is -2.64. The average Bonchev–Trinajstić information content (AvgIpc) is 3.42. The SMILES string of the molecule is CC(=O)N1CCC[C@@H]1COc1ccc2c(c1)c(SC(C)(C)C)c(CC(C)(C)C(=O)O)n2Cc1ccc(Cl)cc1. The van der Waals surface area contributed by atoms with Gasteiger partial charge < -0.3 is 19.3 Å². The summed E-state index contributed by atoms with van der Waals surface area (Å²) in [6.45, 7) is 13.5.